The van der Waals surface area contributed by atoms with E-state index in [-0.39, 0.29) is 17.2 Å². The van der Waals surface area contributed by atoms with E-state index in [9.17, 15) is 4.79 Å². The van der Waals surface area contributed by atoms with Crippen LogP contribution in [0.3, 0.4) is 0 Å². The third-order valence-electron chi connectivity index (χ3n) is 4.61. The number of hydrogen-bond donors (Lipinski definition) is 2. The number of anilines is 1. The molecule has 1 saturated heterocycles. The maximum atomic E-state index is 12.5. The first kappa shape index (κ1) is 14.9. The van der Waals surface area contributed by atoms with Crippen LogP contribution in [0.15, 0.2) is 22.7 Å². The highest BCUT2D eigenvalue weighted by Crippen LogP contribution is 2.58. The summed E-state index contributed by atoms with van der Waals surface area (Å²) in [5, 5.41) is 6.42. The van der Waals surface area contributed by atoms with Crippen LogP contribution in [0.25, 0.3) is 0 Å². The molecule has 2 aliphatic rings. The van der Waals surface area contributed by atoms with Crippen molar-refractivity contribution >= 4 is 27.5 Å². The van der Waals surface area contributed by atoms with Gasteiger partial charge in [0, 0.05) is 10.4 Å². The maximum Gasteiger partial charge on any atom is 0.228 e. The number of ether oxygens (including phenoxy) is 1. The summed E-state index contributed by atoms with van der Waals surface area (Å²) in [6, 6.07) is 5.71. The van der Waals surface area contributed by atoms with Crippen LogP contribution >= 0.6 is 15.9 Å². The summed E-state index contributed by atoms with van der Waals surface area (Å²) in [7, 11) is 0. The highest BCUT2D eigenvalue weighted by Gasteiger charge is 2.57. The van der Waals surface area contributed by atoms with Gasteiger partial charge in [-0.1, -0.05) is 15.9 Å². The molecule has 0 bridgehead atoms. The molecule has 114 valence electrons. The molecule has 0 aromatic heterocycles. The lowest BCUT2D eigenvalue weighted by atomic mass is 9.92. The summed E-state index contributed by atoms with van der Waals surface area (Å²) >= 11 is 3.43. The van der Waals surface area contributed by atoms with Crippen molar-refractivity contribution in [3.8, 4) is 5.75 Å². The smallest absolute Gasteiger partial charge is 0.228 e. The molecule has 1 heterocycles. The lowest BCUT2D eigenvalue weighted by Gasteiger charge is -2.23. The molecule has 0 radical (unpaired) electrons. The molecule has 5 heteroatoms. The number of carbonyl (C=O) groups is 1. The number of benzene rings is 1. The van der Waals surface area contributed by atoms with Crippen LogP contribution in [0.5, 0.6) is 5.75 Å². The molecule has 1 aromatic carbocycles. The van der Waals surface area contributed by atoms with Crippen molar-refractivity contribution in [2.75, 3.05) is 25.0 Å². The topological polar surface area (TPSA) is 50.4 Å². The van der Waals surface area contributed by atoms with Gasteiger partial charge in [0.25, 0.3) is 0 Å². The van der Waals surface area contributed by atoms with Crippen LogP contribution < -0.4 is 15.4 Å². The highest BCUT2D eigenvalue weighted by molar-refractivity contribution is 9.10. The monoisotopic (exact) mass is 352 g/mol. The van der Waals surface area contributed by atoms with Crippen molar-refractivity contribution in [3.63, 3.8) is 0 Å². The van der Waals surface area contributed by atoms with E-state index >= 15 is 0 Å². The summed E-state index contributed by atoms with van der Waals surface area (Å²) in [6.45, 7) is 4.59. The molecule has 1 aromatic rings. The third kappa shape index (κ3) is 3.09. The Balaban J connectivity index is 1.68. The Morgan fingerprint density at radius 2 is 2.24 bits per heavy atom. The van der Waals surface area contributed by atoms with E-state index in [0.717, 1.165) is 48.3 Å². The van der Waals surface area contributed by atoms with Gasteiger partial charge >= 0.3 is 0 Å². The second-order valence-corrected chi connectivity index (χ2v) is 6.85. The van der Waals surface area contributed by atoms with Crippen LogP contribution in [0, 0.1) is 11.3 Å². The van der Waals surface area contributed by atoms with E-state index < -0.39 is 0 Å². The van der Waals surface area contributed by atoms with Gasteiger partial charge in [0.2, 0.25) is 5.91 Å². The first-order chi connectivity index (χ1) is 10.1. The minimum atomic E-state index is 0.139. The predicted molar refractivity (Wildman–Crippen MR) is 86.6 cm³/mol. The lowest BCUT2D eigenvalue weighted by molar-refractivity contribution is -0.118. The van der Waals surface area contributed by atoms with E-state index in [0.29, 0.717) is 6.61 Å². The second-order valence-electron chi connectivity index (χ2n) is 5.93. The average molecular weight is 353 g/mol. The van der Waals surface area contributed by atoms with E-state index in [1.54, 1.807) is 0 Å². The standard InChI is InChI=1S/C16H21BrN2O2/c1-2-21-14-9-11(17)3-4-13(14)19-15(20)12-10-16(12)5-7-18-8-6-16/h3-4,9,12,18H,2,5-8,10H2,1H3,(H,19,20). The SMILES string of the molecule is CCOc1cc(Br)ccc1NC(=O)C1CC12CCNCC2. The van der Waals surface area contributed by atoms with E-state index in [2.05, 4.69) is 26.6 Å². The van der Waals surface area contributed by atoms with E-state index in [1.807, 2.05) is 25.1 Å². The number of piperidine rings is 1. The molecule has 3 rings (SSSR count). The zero-order valence-corrected chi connectivity index (χ0v) is 13.8. The first-order valence-corrected chi connectivity index (χ1v) is 8.38. The molecule has 2 N–H and O–H groups in total. The summed E-state index contributed by atoms with van der Waals surface area (Å²) in [4.78, 5) is 12.5. The van der Waals surface area contributed by atoms with Gasteiger partial charge in [-0.3, -0.25) is 4.79 Å². The Bertz CT molecular complexity index is 541. The summed E-state index contributed by atoms with van der Waals surface area (Å²) in [5.41, 5.74) is 1.03. The van der Waals surface area contributed by atoms with Gasteiger partial charge in [0.1, 0.15) is 5.75 Å². The van der Waals surface area contributed by atoms with Gasteiger partial charge in [-0.15, -0.1) is 0 Å². The minimum absolute atomic E-state index is 0.139. The summed E-state index contributed by atoms with van der Waals surface area (Å²) in [6.07, 6.45) is 3.26. The maximum absolute atomic E-state index is 12.5. The fraction of sp³-hybridized carbons (Fsp3) is 0.562. The molecule has 1 saturated carbocycles. The average Bonchev–Trinajstić information content (AvgIpc) is 3.16. The van der Waals surface area contributed by atoms with Crippen molar-refractivity contribution in [3.05, 3.63) is 22.7 Å². The van der Waals surface area contributed by atoms with Gasteiger partial charge in [0.15, 0.2) is 0 Å². The molecule has 2 fully saturated rings. The fourth-order valence-corrected chi connectivity index (χ4v) is 3.63. The highest BCUT2D eigenvalue weighted by atomic mass is 79.9. The van der Waals surface area contributed by atoms with E-state index in [1.165, 1.54) is 0 Å². The van der Waals surface area contributed by atoms with Crippen LogP contribution in [-0.4, -0.2) is 25.6 Å². The molecule has 1 spiro atoms. The number of halogens is 1. The van der Waals surface area contributed by atoms with Crippen molar-refractivity contribution in [2.45, 2.75) is 26.2 Å². The number of rotatable bonds is 4. The predicted octanol–water partition coefficient (Wildman–Crippen LogP) is 3.18. The van der Waals surface area contributed by atoms with Crippen LogP contribution in [0.2, 0.25) is 0 Å². The van der Waals surface area contributed by atoms with Crippen molar-refractivity contribution in [1.29, 1.82) is 0 Å². The Labute approximate surface area is 133 Å². The van der Waals surface area contributed by atoms with Crippen molar-refractivity contribution in [2.24, 2.45) is 11.3 Å². The second kappa shape index (κ2) is 5.97. The van der Waals surface area contributed by atoms with Gasteiger partial charge in [-0.2, -0.15) is 0 Å². The van der Waals surface area contributed by atoms with Crippen LogP contribution in [-0.2, 0) is 4.79 Å². The fourth-order valence-electron chi connectivity index (χ4n) is 3.29. The molecule has 1 aliphatic heterocycles. The first-order valence-electron chi connectivity index (χ1n) is 7.58. The summed E-state index contributed by atoms with van der Waals surface area (Å²) < 4.78 is 6.55. The van der Waals surface area contributed by atoms with E-state index in [4.69, 9.17) is 4.74 Å². The lowest BCUT2D eigenvalue weighted by Crippen LogP contribution is -2.31. The minimum Gasteiger partial charge on any atom is -0.492 e. The molecule has 4 nitrogen and oxygen atoms in total. The molecule has 1 amide bonds. The Morgan fingerprint density at radius 3 is 2.95 bits per heavy atom. The van der Waals surface area contributed by atoms with Gasteiger partial charge in [-0.25, -0.2) is 0 Å². The molecule has 1 aliphatic carbocycles. The van der Waals surface area contributed by atoms with Crippen molar-refractivity contribution < 1.29 is 9.53 Å². The van der Waals surface area contributed by atoms with Gasteiger partial charge in [-0.05, 0) is 62.9 Å². The quantitative estimate of drug-likeness (QED) is 0.874. The largest absolute Gasteiger partial charge is 0.492 e. The number of nitrogens with one attached hydrogen (secondary N) is 2. The molecule has 1 atom stereocenters. The zero-order valence-electron chi connectivity index (χ0n) is 12.2. The third-order valence-corrected chi connectivity index (χ3v) is 5.10. The van der Waals surface area contributed by atoms with Gasteiger partial charge < -0.3 is 15.4 Å². The summed E-state index contributed by atoms with van der Waals surface area (Å²) in [5.74, 6) is 1.03. The van der Waals surface area contributed by atoms with Crippen molar-refractivity contribution in [1.82, 2.24) is 5.32 Å². The van der Waals surface area contributed by atoms with Crippen LogP contribution in [0.1, 0.15) is 26.2 Å². The number of amides is 1. The van der Waals surface area contributed by atoms with Crippen LogP contribution in [0.4, 0.5) is 5.69 Å². The number of hydrogen-bond acceptors (Lipinski definition) is 3. The Hall–Kier alpha value is -1.07. The molecule has 1 unspecified atom stereocenters. The molecular formula is C16H21BrN2O2. The number of carbonyl (C=O) groups excluding carboxylic acids is 1. The molecular weight excluding hydrogens is 332 g/mol. The zero-order chi connectivity index (χ0) is 14.9. The Morgan fingerprint density at radius 1 is 1.48 bits per heavy atom. The normalized spacial score (nSPS) is 22.9. The molecule has 21 heavy (non-hydrogen) atoms. The Kier molecular flexibility index (Phi) is 4.22. The van der Waals surface area contributed by atoms with Gasteiger partial charge in [0.05, 0.1) is 12.3 Å².